The summed E-state index contributed by atoms with van der Waals surface area (Å²) in [4.78, 5) is 2.31. The number of anilines is 2. The van der Waals surface area contributed by atoms with E-state index in [-0.39, 0.29) is 10.7 Å². The van der Waals surface area contributed by atoms with E-state index in [4.69, 9.17) is 5.73 Å². The van der Waals surface area contributed by atoms with E-state index < -0.39 is 9.84 Å². The lowest BCUT2D eigenvalue weighted by Crippen LogP contribution is -2.26. The topological polar surface area (TPSA) is 76.3 Å². The minimum atomic E-state index is -3.33. The molecule has 0 unspecified atom stereocenters. The van der Waals surface area contributed by atoms with E-state index in [0.717, 1.165) is 38.8 Å². The average Bonchev–Trinajstić information content (AvgIpc) is 2.71. The van der Waals surface area contributed by atoms with Crippen LogP contribution in [-0.4, -0.2) is 32.1 Å². The Morgan fingerprint density at radius 1 is 1.21 bits per heavy atom. The third-order valence-corrected chi connectivity index (χ3v) is 5.08. The second kappa shape index (κ2) is 7.09. The SMILES string of the molecule is CCCCN(CCCC)c1snc(N)c1S(C)(=O)=O. The number of nitrogen functional groups attached to an aromatic ring is 1. The van der Waals surface area contributed by atoms with Crippen LogP contribution in [-0.2, 0) is 9.84 Å². The first-order chi connectivity index (χ1) is 8.91. The molecule has 0 saturated heterocycles. The molecule has 0 bridgehead atoms. The molecule has 110 valence electrons. The Bertz CT molecular complexity index is 489. The van der Waals surface area contributed by atoms with Crippen molar-refractivity contribution in [3.05, 3.63) is 0 Å². The minimum Gasteiger partial charge on any atom is -0.382 e. The normalized spacial score (nSPS) is 11.7. The maximum absolute atomic E-state index is 11.8. The Hall–Kier alpha value is -0.820. The molecule has 0 saturated carbocycles. The smallest absolute Gasteiger partial charge is 0.182 e. The molecule has 0 aliphatic rings. The Balaban J connectivity index is 3.08. The van der Waals surface area contributed by atoms with E-state index in [0.29, 0.717) is 5.00 Å². The van der Waals surface area contributed by atoms with Crippen molar-refractivity contribution in [2.45, 2.75) is 44.4 Å². The van der Waals surface area contributed by atoms with E-state index in [9.17, 15) is 8.42 Å². The molecule has 1 aromatic heterocycles. The van der Waals surface area contributed by atoms with Crippen LogP contribution < -0.4 is 10.6 Å². The number of nitrogens with zero attached hydrogens (tertiary/aromatic N) is 2. The molecule has 5 nitrogen and oxygen atoms in total. The van der Waals surface area contributed by atoms with Crippen LogP contribution in [0.25, 0.3) is 0 Å². The van der Waals surface area contributed by atoms with Gasteiger partial charge in [-0.25, -0.2) is 8.42 Å². The van der Waals surface area contributed by atoms with Gasteiger partial charge in [0.05, 0.1) is 0 Å². The monoisotopic (exact) mass is 305 g/mol. The Morgan fingerprint density at radius 3 is 2.16 bits per heavy atom. The fourth-order valence-electron chi connectivity index (χ4n) is 1.85. The molecule has 7 heteroatoms. The Kier molecular flexibility index (Phi) is 6.06. The van der Waals surface area contributed by atoms with Crippen LogP contribution in [0.5, 0.6) is 0 Å². The first-order valence-electron chi connectivity index (χ1n) is 6.61. The molecule has 0 aliphatic carbocycles. The fraction of sp³-hybridized carbons (Fsp3) is 0.750. The third kappa shape index (κ3) is 4.35. The summed E-state index contributed by atoms with van der Waals surface area (Å²) in [5, 5.41) is 0.696. The molecular formula is C12H23N3O2S2. The van der Waals surface area contributed by atoms with Crippen molar-refractivity contribution in [1.82, 2.24) is 4.37 Å². The zero-order valence-corrected chi connectivity index (χ0v) is 13.5. The van der Waals surface area contributed by atoms with Crippen LogP contribution in [0.2, 0.25) is 0 Å². The minimum absolute atomic E-state index is 0.125. The van der Waals surface area contributed by atoms with Crippen molar-refractivity contribution in [3.63, 3.8) is 0 Å². The van der Waals surface area contributed by atoms with Crippen molar-refractivity contribution in [2.24, 2.45) is 0 Å². The Labute approximate surface area is 119 Å². The zero-order chi connectivity index (χ0) is 14.5. The van der Waals surface area contributed by atoms with Gasteiger partial charge in [-0.3, -0.25) is 0 Å². The molecule has 1 heterocycles. The summed E-state index contributed by atoms with van der Waals surface area (Å²) in [7, 11) is -3.33. The predicted molar refractivity (Wildman–Crippen MR) is 81.7 cm³/mol. The highest BCUT2D eigenvalue weighted by molar-refractivity contribution is 7.91. The first kappa shape index (κ1) is 16.2. The van der Waals surface area contributed by atoms with Crippen LogP contribution in [0.1, 0.15) is 39.5 Å². The predicted octanol–water partition coefficient (Wildman–Crippen LogP) is 2.54. The van der Waals surface area contributed by atoms with Gasteiger partial charge in [0, 0.05) is 19.3 Å². The standard InChI is InChI=1S/C12H23N3O2S2/c1-4-6-8-15(9-7-5-2)12-10(19(3,16)17)11(13)14-18-12/h4-9H2,1-3H3,(H2,13,14). The lowest BCUT2D eigenvalue weighted by atomic mass is 10.2. The maximum atomic E-state index is 11.8. The highest BCUT2D eigenvalue weighted by atomic mass is 32.2. The number of rotatable bonds is 8. The molecule has 0 atom stereocenters. The van der Waals surface area contributed by atoms with Gasteiger partial charge in [0.2, 0.25) is 0 Å². The highest BCUT2D eigenvalue weighted by Crippen LogP contribution is 2.34. The number of unbranched alkanes of at least 4 members (excludes halogenated alkanes) is 2. The summed E-state index contributed by atoms with van der Waals surface area (Å²) in [6, 6.07) is 0. The van der Waals surface area contributed by atoms with E-state index in [2.05, 4.69) is 23.1 Å². The van der Waals surface area contributed by atoms with Gasteiger partial charge in [0.25, 0.3) is 0 Å². The van der Waals surface area contributed by atoms with Crippen molar-refractivity contribution in [3.8, 4) is 0 Å². The summed E-state index contributed by atoms with van der Waals surface area (Å²) >= 11 is 1.18. The maximum Gasteiger partial charge on any atom is 0.182 e. The van der Waals surface area contributed by atoms with Gasteiger partial charge < -0.3 is 10.6 Å². The molecule has 0 fully saturated rings. The fourth-order valence-corrected chi connectivity index (χ4v) is 4.10. The van der Waals surface area contributed by atoms with E-state index in [1.54, 1.807) is 0 Å². The van der Waals surface area contributed by atoms with Gasteiger partial charge in [0.1, 0.15) is 9.90 Å². The summed E-state index contributed by atoms with van der Waals surface area (Å²) < 4.78 is 27.7. The Morgan fingerprint density at radius 2 is 1.74 bits per heavy atom. The summed E-state index contributed by atoms with van der Waals surface area (Å²) in [5.41, 5.74) is 5.72. The number of hydrogen-bond acceptors (Lipinski definition) is 6. The third-order valence-electron chi connectivity index (χ3n) is 2.88. The van der Waals surface area contributed by atoms with Gasteiger partial charge in [-0.05, 0) is 24.4 Å². The van der Waals surface area contributed by atoms with Crippen LogP contribution in [0, 0.1) is 0 Å². The summed E-state index contributed by atoms with van der Waals surface area (Å²) in [5.74, 6) is 0.125. The summed E-state index contributed by atoms with van der Waals surface area (Å²) in [6.45, 7) is 5.94. The molecule has 19 heavy (non-hydrogen) atoms. The number of sulfone groups is 1. The van der Waals surface area contributed by atoms with Gasteiger partial charge >= 0.3 is 0 Å². The van der Waals surface area contributed by atoms with Crippen LogP contribution in [0.4, 0.5) is 10.8 Å². The number of hydrogen-bond donors (Lipinski definition) is 1. The van der Waals surface area contributed by atoms with E-state index >= 15 is 0 Å². The van der Waals surface area contributed by atoms with E-state index in [1.807, 2.05) is 0 Å². The van der Waals surface area contributed by atoms with Crippen LogP contribution in [0.3, 0.4) is 0 Å². The molecule has 0 spiro atoms. The second-order valence-electron chi connectivity index (χ2n) is 4.67. The molecule has 0 aliphatic heterocycles. The molecule has 0 aromatic carbocycles. The quantitative estimate of drug-likeness (QED) is 0.798. The van der Waals surface area contributed by atoms with Crippen LogP contribution in [0.15, 0.2) is 4.90 Å². The summed E-state index contributed by atoms with van der Waals surface area (Å²) in [6.07, 6.45) is 5.40. The lowest BCUT2D eigenvalue weighted by molar-refractivity contribution is 0.601. The average molecular weight is 305 g/mol. The molecule has 1 rings (SSSR count). The van der Waals surface area contributed by atoms with Crippen molar-refractivity contribution in [2.75, 3.05) is 30.0 Å². The molecular weight excluding hydrogens is 282 g/mol. The number of aromatic nitrogens is 1. The number of nitrogens with two attached hydrogens (primary N) is 1. The van der Waals surface area contributed by atoms with Gasteiger partial charge in [-0.2, -0.15) is 4.37 Å². The molecule has 2 N–H and O–H groups in total. The van der Waals surface area contributed by atoms with Crippen LogP contribution >= 0.6 is 11.5 Å². The molecule has 0 radical (unpaired) electrons. The zero-order valence-electron chi connectivity index (χ0n) is 11.8. The van der Waals surface area contributed by atoms with Crippen molar-refractivity contribution >= 4 is 32.2 Å². The molecule has 0 amide bonds. The highest BCUT2D eigenvalue weighted by Gasteiger charge is 2.24. The van der Waals surface area contributed by atoms with Crippen molar-refractivity contribution < 1.29 is 8.42 Å². The molecule has 1 aromatic rings. The largest absolute Gasteiger partial charge is 0.382 e. The van der Waals surface area contributed by atoms with Gasteiger partial charge in [-0.1, -0.05) is 26.7 Å². The second-order valence-corrected chi connectivity index (χ2v) is 7.37. The van der Waals surface area contributed by atoms with Gasteiger partial charge in [0.15, 0.2) is 15.7 Å². The van der Waals surface area contributed by atoms with E-state index in [1.165, 1.54) is 17.8 Å². The lowest BCUT2D eigenvalue weighted by Gasteiger charge is -2.23. The van der Waals surface area contributed by atoms with Gasteiger partial charge in [-0.15, -0.1) is 0 Å². The first-order valence-corrected chi connectivity index (χ1v) is 9.28. The van der Waals surface area contributed by atoms with Crippen molar-refractivity contribution in [1.29, 1.82) is 0 Å².